The molecule has 1 aliphatic heterocycles. The van der Waals surface area contributed by atoms with Gasteiger partial charge in [0.05, 0.1) is 11.5 Å². The largest absolute Gasteiger partial charge is 0.392 e. The first-order valence-corrected chi connectivity index (χ1v) is 9.04. The Labute approximate surface area is 131 Å². The van der Waals surface area contributed by atoms with E-state index >= 15 is 0 Å². The van der Waals surface area contributed by atoms with Crippen molar-refractivity contribution in [2.24, 2.45) is 0 Å². The predicted octanol–water partition coefficient (Wildman–Crippen LogP) is 3.09. The third-order valence-corrected chi connectivity index (χ3v) is 6.74. The van der Waals surface area contributed by atoms with Gasteiger partial charge in [-0.1, -0.05) is 18.0 Å². The summed E-state index contributed by atoms with van der Waals surface area (Å²) in [5, 5.41) is 9.71. The lowest BCUT2D eigenvalue weighted by Gasteiger charge is -2.38. The van der Waals surface area contributed by atoms with Crippen LogP contribution in [0.4, 0.5) is 0 Å². The Balaban J connectivity index is 2.56. The van der Waals surface area contributed by atoms with E-state index in [1.165, 1.54) is 6.07 Å². The first-order chi connectivity index (χ1) is 9.78. The van der Waals surface area contributed by atoms with Gasteiger partial charge in [0.25, 0.3) is 0 Å². The number of rotatable bonds is 3. The smallest absolute Gasteiger partial charge is 0.243 e. The number of aliphatic hydroxyl groups is 1. The lowest BCUT2D eigenvalue weighted by atomic mass is 10.0. The van der Waals surface area contributed by atoms with E-state index in [0.717, 1.165) is 19.3 Å². The number of hydrogen-bond donors (Lipinski definition) is 1. The minimum atomic E-state index is -3.61. The van der Waals surface area contributed by atoms with Crippen molar-refractivity contribution >= 4 is 21.6 Å². The van der Waals surface area contributed by atoms with Crippen molar-refractivity contribution in [3.05, 3.63) is 28.3 Å². The Bertz CT molecular complexity index is 620. The molecular weight excluding hydrogens is 310 g/mol. The molecule has 1 saturated heterocycles. The van der Waals surface area contributed by atoms with Gasteiger partial charge in [-0.05, 0) is 56.9 Å². The summed E-state index contributed by atoms with van der Waals surface area (Å²) < 4.78 is 27.7. The van der Waals surface area contributed by atoms with Crippen molar-refractivity contribution < 1.29 is 13.5 Å². The van der Waals surface area contributed by atoms with E-state index in [4.69, 9.17) is 11.6 Å². The molecule has 1 aromatic rings. The number of sulfonamides is 1. The van der Waals surface area contributed by atoms with Gasteiger partial charge in [-0.2, -0.15) is 4.31 Å². The maximum atomic E-state index is 13.0. The van der Waals surface area contributed by atoms with Crippen LogP contribution in [0.1, 0.15) is 44.2 Å². The van der Waals surface area contributed by atoms with Crippen LogP contribution < -0.4 is 0 Å². The average molecular weight is 332 g/mol. The van der Waals surface area contributed by atoms with E-state index in [-0.39, 0.29) is 23.6 Å². The van der Waals surface area contributed by atoms with Gasteiger partial charge >= 0.3 is 0 Å². The number of hydrogen-bond acceptors (Lipinski definition) is 3. The van der Waals surface area contributed by atoms with Gasteiger partial charge in [0.1, 0.15) is 0 Å². The molecule has 1 aromatic carbocycles. The normalized spacial score (nSPS) is 24.2. The Morgan fingerprint density at radius 3 is 2.38 bits per heavy atom. The summed E-state index contributed by atoms with van der Waals surface area (Å²) in [4.78, 5) is 0.208. The van der Waals surface area contributed by atoms with Crippen molar-refractivity contribution in [1.29, 1.82) is 0 Å². The Kier molecular flexibility index (Phi) is 4.98. The Morgan fingerprint density at radius 2 is 1.86 bits per heavy atom. The number of benzene rings is 1. The van der Waals surface area contributed by atoms with Crippen LogP contribution in [0.15, 0.2) is 17.0 Å². The first kappa shape index (κ1) is 16.7. The fourth-order valence-electron chi connectivity index (χ4n) is 3.13. The van der Waals surface area contributed by atoms with E-state index in [1.54, 1.807) is 17.3 Å². The summed E-state index contributed by atoms with van der Waals surface area (Å²) in [6.45, 7) is 5.38. The summed E-state index contributed by atoms with van der Waals surface area (Å²) in [6.07, 6.45) is 2.79. The molecule has 118 valence electrons. The zero-order chi connectivity index (χ0) is 15.8. The van der Waals surface area contributed by atoms with Gasteiger partial charge in [-0.3, -0.25) is 0 Å². The van der Waals surface area contributed by atoms with Crippen LogP contribution in [0.3, 0.4) is 0 Å². The van der Waals surface area contributed by atoms with Gasteiger partial charge in [0, 0.05) is 17.1 Å². The monoisotopic (exact) mass is 331 g/mol. The van der Waals surface area contributed by atoms with Gasteiger partial charge in [0.15, 0.2) is 0 Å². The molecule has 1 fully saturated rings. The molecule has 0 amide bonds. The van der Waals surface area contributed by atoms with Crippen LogP contribution >= 0.6 is 11.6 Å². The van der Waals surface area contributed by atoms with Crippen LogP contribution in [0.5, 0.6) is 0 Å². The third-order valence-electron chi connectivity index (χ3n) is 4.27. The van der Waals surface area contributed by atoms with Crippen molar-refractivity contribution in [2.45, 2.75) is 63.6 Å². The molecule has 2 rings (SSSR count). The molecule has 0 unspecified atom stereocenters. The zero-order valence-electron chi connectivity index (χ0n) is 12.6. The topological polar surface area (TPSA) is 57.6 Å². The minimum absolute atomic E-state index is 0.0188. The highest BCUT2D eigenvalue weighted by Crippen LogP contribution is 2.33. The van der Waals surface area contributed by atoms with E-state index in [2.05, 4.69) is 0 Å². The molecule has 1 N–H and O–H groups in total. The summed E-state index contributed by atoms with van der Waals surface area (Å²) in [5.41, 5.74) is 1.13. The van der Waals surface area contributed by atoms with Crippen LogP contribution in [0, 0.1) is 6.92 Å². The highest BCUT2D eigenvalue weighted by Gasteiger charge is 2.36. The summed E-state index contributed by atoms with van der Waals surface area (Å²) in [7, 11) is -3.61. The van der Waals surface area contributed by atoms with Crippen molar-refractivity contribution in [3.8, 4) is 0 Å². The maximum absolute atomic E-state index is 13.0. The Morgan fingerprint density at radius 1 is 1.29 bits per heavy atom. The third kappa shape index (κ3) is 3.11. The van der Waals surface area contributed by atoms with Crippen molar-refractivity contribution in [3.63, 3.8) is 0 Å². The summed E-state index contributed by atoms with van der Waals surface area (Å²) in [5.74, 6) is 0. The van der Waals surface area contributed by atoms with Crippen molar-refractivity contribution in [2.75, 3.05) is 0 Å². The SMILES string of the molecule is Cc1c(CO)cc(Cl)cc1S(=O)(=O)N1[C@H](C)CCC[C@@H]1C. The number of halogens is 1. The Hall–Kier alpha value is -0.620. The molecule has 21 heavy (non-hydrogen) atoms. The first-order valence-electron chi connectivity index (χ1n) is 7.22. The molecule has 2 atom stereocenters. The molecule has 0 aliphatic carbocycles. The second-order valence-electron chi connectivity index (χ2n) is 5.81. The summed E-state index contributed by atoms with van der Waals surface area (Å²) in [6, 6.07) is 3.06. The van der Waals surface area contributed by atoms with E-state index < -0.39 is 10.0 Å². The van der Waals surface area contributed by atoms with Crippen LogP contribution in [-0.2, 0) is 16.6 Å². The molecule has 6 heteroatoms. The molecular formula is C15H22ClNO3S. The zero-order valence-corrected chi connectivity index (χ0v) is 14.2. The van der Waals surface area contributed by atoms with Crippen LogP contribution in [0.2, 0.25) is 5.02 Å². The van der Waals surface area contributed by atoms with E-state index in [9.17, 15) is 13.5 Å². The van der Waals surface area contributed by atoms with Crippen LogP contribution in [0.25, 0.3) is 0 Å². The maximum Gasteiger partial charge on any atom is 0.243 e. The lowest BCUT2D eigenvalue weighted by Crippen LogP contribution is -2.47. The second kappa shape index (κ2) is 6.24. The molecule has 0 radical (unpaired) electrons. The van der Waals surface area contributed by atoms with Gasteiger partial charge in [-0.15, -0.1) is 0 Å². The van der Waals surface area contributed by atoms with Gasteiger partial charge < -0.3 is 5.11 Å². The molecule has 0 spiro atoms. The van der Waals surface area contributed by atoms with Crippen LogP contribution in [-0.4, -0.2) is 29.9 Å². The summed E-state index contributed by atoms with van der Waals surface area (Å²) >= 11 is 6.02. The number of piperidine rings is 1. The standard InChI is InChI=1S/C15H22ClNO3S/c1-10-5-4-6-11(2)17(10)21(19,20)15-8-14(16)7-13(9-18)12(15)3/h7-8,10-11,18H,4-6,9H2,1-3H3/t10-,11+. The molecule has 0 bridgehead atoms. The second-order valence-corrected chi connectivity index (χ2v) is 8.06. The minimum Gasteiger partial charge on any atom is -0.392 e. The molecule has 0 aromatic heterocycles. The lowest BCUT2D eigenvalue weighted by molar-refractivity contribution is 0.204. The van der Waals surface area contributed by atoms with Crippen molar-refractivity contribution in [1.82, 2.24) is 4.31 Å². The molecule has 0 saturated carbocycles. The fourth-order valence-corrected chi connectivity index (χ4v) is 5.61. The fraction of sp³-hybridized carbons (Fsp3) is 0.600. The molecule has 1 aliphatic rings. The van der Waals surface area contributed by atoms with Gasteiger partial charge in [-0.25, -0.2) is 8.42 Å². The van der Waals surface area contributed by atoms with Gasteiger partial charge in [0.2, 0.25) is 10.0 Å². The highest BCUT2D eigenvalue weighted by molar-refractivity contribution is 7.89. The highest BCUT2D eigenvalue weighted by atomic mass is 35.5. The predicted molar refractivity (Wildman–Crippen MR) is 83.9 cm³/mol. The number of aliphatic hydroxyl groups excluding tert-OH is 1. The molecule has 4 nitrogen and oxygen atoms in total. The van der Waals surface area contributed by atoms with E-state index in [1.807, 2.05) is 13.8 Å². The quantitative estimate of drug-likeness (QED) is 0.926. The number of nitrogens with zero attached hydrogens (tertiary/aromatic N) is 1. The molecule has 1 heterocycles. The van der Waals surface area contributed by atoms with E-state index in [0.29, 0.717) is 16.1 Å². The average Bonchev–Trinajstić information content (AvgIpc) is 2.40.